The summed E-state index contributed by atoms with van der Waals surface area (Å²) < 4.78 is 0. The van der Waals surface area contributed by atoms with Gasteiger partial charge in [-0.1, -0.05) is 19.9 Å². The zero-order valence-corrected chi connectivity index (χ0v) is 16.9. The van der Waals surface area contributed by atoms with E-state index in [2.05, 4.69) is 10.6 Å². The molecule has 1 atom stereocenters. The molecule has 1 aromatic heterocycles. The first-order valence-electron chi connectivity index (χ1n) is 9.47. The predicted molar refractivity (Wildman–Crippen MR) is 111 cm³/mol. The topological polar surface area (TPSA) is 78.5 Å². The van der Waals surface area contributed by atoms with Gasteiger partial charge in [-0.05, 0) is 48.6 Å². The number of hydrogen-bond donors (Lipinski definition) is 2. The summed E-state index contributed by atoms with van der Waals surface area (Å²) in [4.78, 5) is 39.7. The maximum Gasteiger partial charge on any atom is 0.247 e. The van der Waals surface area contributed by atoms with Crippen LogP contribution in [0.25, 0.3) is 0 Å². The first-order chi connectivity index (χ1) is 13.4. The minimum Gasteiger partial charge on any atom is -0.330 e. The molecule has 0 saturated carbocycles. The second-order valence-corrected chi connectivity index (χ2v) is 8.24. The molecule has 1 fully saturated rings. The van der Waals surface area contributed by atoms with E-state index in [-0.39, 0.29) is 23.6 Å². The lowest BCUT2D eigenvalue weighted by atomic mass is 10.1. The molecule has 3 amide bonds. The number of benzene rings is 1. The molecule has 0 bridgehead atoms. The quantitative estimate of drug-likeness (QED) is 0.780. The molecular formula is C21H25N3O3S. The van der Waals surface area contributed by atoms with Crippen LogP contribution in [0.4, 0.5) is 11.4 Å². The number of likely N-dealkylation sites (tertiary alicyclic amines) is 1. The van der Waals surface area contributed by atoms with Crippen molar-refractivity contribution in [2.24, 2.45) is 5.92 Å². The molecule has 1 aliphatic heterocycles. The highest BCUT2D eigenvalue weighted by atomic mass is 32.1. The Bertz CT molecular complexity index is 831. The van der Waals surface area contributed by atoms with Crippen LogP contribution in [0, 0.1) is 5.92 Å². The summed E-state index contributed by atoms with van der Waals surface area (Å²) in [5, 5.41) is 7.65. The van der Waals surface area contributed by atoms with E-state index in [1.165, 1.54) is 0 Å². The third kappa shape index (κ3) is 4.98. The number of carbonyl (C=O) groups excluding carboxylic acids is 3. The van der Waals surface area contributed by atoms with Crippen molar-refractivity contribution in [3.8, 4) is 0 Å². The van der Waals surface area contributed by atoms with E-state index >= 15 is 0 Å². The SMILES string of the molecule is CC(C)C(=O)Nc1ccc(NC(=O)C2CCCN2C(=O)Cc2cccs2)cc1. The van der Waals surface area contributed by atoms with E-state index in [0.29, 0.717) is 30.8 Å². The first kappa shape index (κ1) is 20.1. The molecule has 28 heavy (non-hydrogen) atoms. The number of anilines is 2. The Morgan fingerprint density at radius 2 is 1.79 bits per heavy atom. The zero-order valence-electron chi connectivity index (χ0n) is 16.1. The lowest BCUT2D eigenvalue weighted by molar-refractivity contribution is -0.136. The fraction of sp³-hybridized carbons (Fsp3) is 0.381. The summed E-state index contributed by atoms with van der Waals surface area (Å²) >= 11 is 1.55. The number of rotatable bonds is 6. The summed E-state index contributed by atoms with van der Waals surface area (Å²) in [5.41, 5.74) is 1.33. The van der Waals surface area contributed by atoms with E-state index < -0.39 is 6.04 Å². The van der Waals surface area contributed by atoms with Crippen molar-refractivity contribution in [1.29, 1.82) is 0 Å². The average molecular weight is 400 g/mol. The molecule has 2 N–H and O–H groups in total. The van der Waals surface area contributed by atoms with Gasteiger partial charge < -0.3 is 15.5 Å². The van der Waals surface area contributed by atoms with Crippen LogP contribution in [0.2, 0.25) is 0 Å². The maximum absolute atomic E-state index is 12.7. The Hall–Kier alpha value is -2.67. The summed E-state index contributed by atoms with van der Waals surface area (Å²) in [6, 6.07) is 10.4. The van der Waals surface area contributed by atoms with Gasteiger partial charge in [0.15, 0.2) is 0 Å². The molecule has 6 nitrogen and oxygen atoms in total. The van der Waals surface area contributed by atoms with Crippen molar-refractivity contribution < 1.29 is 14.4 Å². The van der Waals surface area contributed by atoms with Crippen molar-refractivity contribution in [1.82, 2.24) is 4.90 Å². The van der Waals surface area contributed by atoms with Crippen molar-refractivity contribution in [2.45, 2.75) is 39.2 Å². The molecule has 0 radical (unpaired) electrons. The first-order valence-corrected chi connectivity index (χ1v) is 10.4. The van der Waals surface area contributed by atoms with Crippen LogP contribution in [0.5, 0.6) is 0 Å². The highest BCUT2D eigenvalue weighted by molar-refractivity contribution is 7.10. The fourth-order valence-corrected chi connectivity index (χ4v) is 3.85. The molecule has 1 aromatic carbocycles. The Balaban J connectivity index is 1.58. The molecule has 2 heterocycles. The second-order valence-electron chi connectivity index (χ2n) is 7.21. The normalized spacial score (nSPS) is 16.2. The zero-order chi connectivity index (χ0) is 20.1. The lowest BCUT2D eigenvalue weighted by Gasteiger charge is -2.24. The second kappa shape index (κ2) is 9.01. The van der Waals surface area contributed by atoms with Gasteiger partial charge in [-0.25, -0.2) is 0 Å². The van der Waals surface area contributed by atoms with Gasteiger partial charge in [0.05, 0.1) is 6.42 Å². The Morgan fingerprint density at radius 3 is 2.39 bits per heavy atom. The Morgan fingerprint density at radius 1 is 1.11 bits per heavy atom. The van der Waals surface area contributed by atoms with Crippen molar-refractivity contribution in [3.05, 3.63) is 46.7 Å². The van der Waals surface area contributed by atoms with E-state index in [1.54, 1.807) is 40.5 Å². The summed E-state index contributed by atoms with van der Waals surface area (Å²) in [6.45, 7) is 4.27. The molecule has 1 saturated heterocycles. The molecule has 2 aromatic rings. The minimum absolute atomic E-state index is 0.00755. The monoisotopic (exact) mass is 399 g/mol. The average Bonchev–Trinajstić information content (AvgIpc) is 3.34. The Kier molecular flexibility index (Phi) is 6.46. The fourth-order valence-electron chi connectivity index (χ4n) is 3.15. The number of thiophene rings is 1. The van der Waals surface area contributed by atoms with Crippen molar-refractivity contribution in [3.63, 3.8) is 0 Å². The van der Waals surface area contributed by atoms with Crippen LogP contribution in [-0.2, 0) is 20.8 Å². The molecule has 0 spiro atoms. The van der Waals surface area contributed by atoms with E-state index in [0.717, 1.165) is 11.3 Å². The van der Waals surface area contributed by atoms with Gasteiger partial charge in [-0.2, -0.15) is 0 Å². The smallest absolute Gasteiger partial charge is 0.247 e. The predicted octanol–water partition coefficient (Wildman–Crippen LogP) is 3.51. The summed E-state index contributed by atoms with van der Waals surface area (Å²) in [5.74, 6) is -0.329. The molecule has 3 rings (SSSR count). The van der Waals surface area contributed by atoms with Crippen LogP contribution in [0.15, 0.2) is 41.8 Å². The van der Waals surface area contributed by atoms with Gasteiger partial charge >= 0.3 is 0 Å². The Labute approximate surface area is 168 Å². The summed E-state index contributed by atoms with van der Waals surface area (Å²) in [6.07, 6.45) is 1.84. The van der Waals surface area contributed by atoms with Crippen LogP contribution >= 0.6 is 11.3 Å². The van der Waals surface area contributed by atoms with Crippen LogP contribution in [-0.4, -0.2) is 35.2 Å². The van der Waals surface area contributed by atoms with Gasteiger partial charge in [0.1, 0.15) is 6.04 Å². The third-order valence-corrected chi connectivity index (χ3v) is 5.60. The van der Waals surface area contributed by atoms with Crippen LogP contribution in [0.3, 0.4) is 0 Å². The van der Waals surface area contributed by atoms with Crippen molar-refractivity contribution in [2.75, 3.05) is 17.2 Å². The van der Waals surface area contributed by atoms with Gasteiger partial charge in [-0.15, -0.1) is 11.3 Å². The standard InChI is InChI=1S/C21H25N3O3S/c1-14(2)20(26)22-15-7-9-16(10-8-15)23-21(27)18-6-3-11-24(18)19(25)13-17-5-4-12-28-17/h4-5,7-10,12,14,18H,3,6,11,13H2,1-2H3,(H,22,26)(H,23,27). The number of nitrogens with one attached hydrogen (secondary N) is 2. The molecular weight excluding hydrogens is 374 g/mol. The highest BCUT2D eigenvalue weighted by Crippen LogP contribution is 2.22. The molecule has 1 aliphatic rings. The van der Waals surface area contributed by atoms with E-state index in [9.17, 15) is 14.4 Å². The highest BCUT2D eigenvalue weighted by Gasteiger charge is 2.34. The number of hydrogen-bond acceptors (Lipinski definition) is 4. The van der Waals surface area contributed by atoms with Gasteiger partial charge in [-0.3, -0.25) is 14.4 Å². The number of carbonyl (C=O) groups is 3. The maximum atomic E-state index is 12.7. The lowest BCUT2D eigenvalue weighted by Crippen LogP contribution is -2.43. The van der Waals surface area contributed by atoms with Crippen LogP contribution in [0.1, 0.15) is 31.6 Å². The molecule has 0 aliphatic carbocycles. The minimum atomic E-state index is -0.437. The molecule has 1 unspecified atom stereocenters. The van der Waals surface area contributed by atoms with Gasteiger partial charge in [0.25, 0.3) is 0 Å². The van der Waals surface area contributed by atoms with E-state index in [4.69, 9.17) is 0 Å². The van der Waals surface area contributed by atoms with Crippen molar-refractivity contribution >= 4 is 40.4 Å². The van der Waals surface area contributed by atoms with Gasteiger partial charge in [0.2, 0.25) is 17.7 Å². The van der Waals surface area contributed by atoms with E-state index in [1.807, 2.05) is 31.4 Å². The third-order valence-electron chi connectivity index (χ3n) is 4.73. The summed E-state index contributed by atoms with van der Waals surface area (Å²) in [7, 11) is 0. The van der Waals surface area contributed by atoms with Gasteiger partial charge in [0, 0.05) is 28.7 Å². The molecule has 148 valence electrons. The largest absolute Gasteiger partial charge is 0.330 e. The number of amides is 3. The van der Waals surface area contributed by atoms with Crippen LogP contribution < -0.4 is 10.6 Å². The molecule has 7 heteroatoms. The number of nitrogens with zero attached hydrogens (tertiary/aromatic N) is 1.